The molecule has 4 nitrogen and oxygen atoms in total. The first-order valence-electron chi connectivity index (χ1n) is 5.20. The van der Waals surface area contributed by atoms with E-state index in [1.54, 1.807) is 6.92 Å². The monoisotopic (exact) mass is 272 g/mol. The minimum Gasteiger partial charge on any atom is -0.374 e. The maximum absolute atomic E-state index is 13.3. The van der Waals surface area contributed by atoms with Crippen LogP contribution in [0.25, 0.3) is 0 Å². The molecule has 0 aliphatic heterocycles. The molecule has 0 aliphatic carbocycles. The van der Waals surface area contributed by atoms with Crippen LogP contribution >= 0.6 is 0 Å². The van der Waals surface area contributed by atoms with Crippen molar-refractivity contribution in [2.24, 2.45) is 0 Å². The van der Waals surface area contributed by atoms with Crippen molar-refractivity contribution in [2.75, 3.05) is 5.32 Å². The lowest BCUT2D eigenvalue weighted by Crippen LogP contribution is -2.10. The van der Waals surface area contributed by atoms with E-state index in [4.69, 9.17) is 0 Å². The molecule has 2 heterocycles. The molecular formula is C11H8F4N4. The van der Waals surface area contributed by atoms with Crippen molar-refractivity contribution in [3.63, 3.8) is 0 Å². The maximum atomic E-state index is 13.3. The SMILES string of the molecule is Cc1cnc(CNc2c(F)c(F)nc(F)c2F)cn1. The number of hydrogen-bond acceptors (Lipinski definition) is 4. The normalized spacial score (nSPS) is 10.6. The van der Waals surface area contributed by atoms with Crippen molar-refractivity contribution in [3.8, 4) is 0 Å². The molecule has 0 radical (unpaired) electrons. The van der Waals surface area contributed by atoms with Gasteiger partial charge in [0.25, 0.3) is 11.9 Å². The van der Waals surface area contributed by atoms with Crippen molar-refractivity contribution in [2.45, 2.75) is 13.5 Å². The third-order valence-electron chi connectivity index (χ3n) is 2.28. The number of anilines is 1. The van der Waals surface area contributed by atoms with E-state index in [1.165, 1.54) is 12.4 Å². The highest BCUT2D eigenvalue weighted by Crippen LogP contribution is 2.22. The van der Waals surface area contributed by atoms with Gasteiger partial charge in [0.1, 0.15) is 5.69 Å². The molecule has 0 fully saturated rings. The van der Waals surface area contributed by atoms with Crippen LogP contribution in [0.15, 0.2) is 12.4 Å². The molecule has 2 aromatic rings. The van der Waals surface area contributed by atoms with Crippen molar-refractivity contribution >= 4 is 5.69 Å². The van der Waals surface area contributed by atoms with Crippen LogP contribution in [0.2, 0.25) is 0 Å². The average molecular weight is 272 g/mol. The molecule has 0 aliphatic rings. The number of hydrogen-bond donors (Lipinski definition) is 1. The Labute approximate surface area is 105 Å². The van der Waals surface area contributed by atoms with Crippen LogP contribution in [0.3, 0.4) is 0 Å². The summed E-state index contributed by atoms with van der Waals surface area (Å²) < 4.78 is 52.2. The fraction of sp³-hybridized carbons (Fsp3) is 0.182. The molecule has 2 rings (SSSR count). The molecule has 0 saturated heterocycles. The zero-order valence-electron chi connectivity index (χ0n) is 9.72. The molecule has 0 amide bonds. The Kier molecular flexibility index (Phi) is 3.59. The minimum absolute atomic E-state index is 0.135. The summed E-state index contributed by atoms with van der Waals surface area (Å²) in [6.45, 7) is 1.58. The summed E-state index contributed by atoms with van der Waals surface area (Å²) in [5.41, 5.74) is 0.108. The van der Waals surface area contributed by atoms with Gasteiger partial charge in [-0.25, -0.2) is 0 Å². The molecule has 0 unspecified atom stereocenters. The minimum atomic E-state index is -1.71. The quantitative estimate of drug-likeness (QED) is 0.688. The van der Waals surface area contributed by atoms with E-state index in [-0.39, 0.29) is 6.54 Å². The second-order valence-electron chi connectivity index (χ2n) is 3.70. The molecule has 19 heavy (non-hydrogen) atoms. The Hall–Kier alpha value is -2.25. The van der Waals surface area contributed by atoms with Crippen LogP contribution < -0.4 is 5.32 Å². The van der Waals surface area contributed by atoms with Gasteiger partial charge in [-0.05, 0) is 6.92 Å². The Balaban J connectivity index is 2.22. The second-order valence-corrected chi connectivity index (χ2v) is 3.70. The first-order chi connectivity index (χ1) is 8.99. The maximum Gasteiger partial charge on any atom is 0.253 e. The summed E-state index contributed by atoms with van der Waals surface area (Å²) in [6, 6.07) is 0. The number of halogens is 4. The molecule has 0 bridgehead atoms. The standard InChI is InChI=1S/C11H8F4N4/c1-5-2-17-6(3-16-5)4-18-9-7(12)10(14)19-11(15)8(9)13/h2-3H,4H2,1H3,(H,18,19). The van der Waals surface area contributed by atoms with Crippen LogP contribution in [-0.2, 0) is 6.54 Å². The average Bonchev–Trinajstić information content (AvgIpc) is 2.38. The zero-order chi connectivity index (χ0) is 14.0. The summed E-state index contributed by atoms with van der Waals surface area (Å²) >= 11 is 0. The van der Waals surface area contributed by atoms with Crippen molar-refractivity contribution < 1.29 is 17.6 Å². The smallest absolute Gasteiger partial charge is 0.253 e. The number of aromatic nitrogens is 3. The number of pyridine rings is 1. The third kappa shape index (κ3) is 2.78. The number of nitrogens with zero attached hydrogens (tertiary/aromatic N) is 3. The molecule has 100 valence electrons. The predicted molar refractivity (Wildman–Crippen MR) is 58.2 cm³/mol. The topological polar surface area (TPSA) is 50.7 Å². The molecular weight excluding hydrogens is 264 g/mol. The second kappa shape index (κ2) is 5.17. The zero-order valence-corrected chi connectivity index (χ0v) is 9.72. The molecule has 0 aromatic carbocycles. The molecule has 0 atom stereocenters. The molecule has 8 heteroatoms. The lowest BCUT2D eigenvalue weighted by molar-refractivity contribution is 0.410. The number of rotatable bonds is 3. The summed E-state index contributed by atoms with van der Waals surface area (Å²) in [5.74, 6) is -6.59. The van der Waals surface area contributed by atoms with Gasteiger partial charge in [-0.2, -0.15) is 22.5 Å². The largest absolute Gasteiger partial charge is 0.374 e. The highest BCUT2D eigenvalue weighted by Gasteiger charge is 2.20. The Morgan fingerprint density at radius 2 is 1.63 bits per heavy atom. The number of nitrogens with one attached hydrogen (secondary N) is 1. The van der Waals surface area contributed by atoms with E-state index in [2.05, 4.69) is 20.3 Å². The summed E-state index contributed by atoms with van der Waals surface area (Å²) in [4.78, 5) is 10.3. The van der Waals surface area contributed by atoms with Crippen LogP contribution in [0, 0.1) is 30.5 Å². The van der Waals surface area contributed by atoms with E-state index in [0.717, 1.165) is 0 Å². The Morgan fingerprint density at radius 1 is 1.00 bits per heavy atom. The third-order valence-corrected chi connectivity index (χ3v) is 2.28. The van der Waals surface area contributed by atoms with Gasteiger partial charge in [-0.15, -0.1) is 0 Å². The van der Waals surface area contributed by atoms with Gasteiger partial charge < -0.3 is 5.32 Å². The van der Waals surface area contributed by atoms with E-state index >= 15 is 0 Å². The van der Waals surface area contributed by atoms with Gasteiger partial charge in [0.15, 0.2) is 0 Å². The number of aryl methyl sites for hydroxylation is 1. The van der Waals surface area contributed by atoms with Gasteiger partial charge in [-0.3, -0.25) is 9.97 Å². The van der Waals surface area contributed by atoms with Crippen LogP contribution in [0.5, 0.6) is 0 Å². The summed E-state index contributed by atoms with van der Waals surface area (Å²) in [5, 5.41) is 2.23. The van der Waals surface area contributed by atoms with Gasteiger partial charge in [-0.1, -0.05) is 0 Å². The molecule has 2 aromatic heterocycles. The summed E-state index contributed by atoms with van der Waals surface area (Å²) in [7, 11) is 0. The lowest BCUT2D eigenvalue weighted by atomic mass is 10.3. The fourth-order valence-electron chi connectivity index (χ4n) is 1.33. The van der Waals surface area contributed by atoms with E-state index in [9.17, 15) is 17.6 Å². The van der Waals surface area contributed by atoms with Gasteiger partial charge in [0.05, 0.1) is 24.1 Å². The van der Waals surface area contributed by atoms with E-state index in [0.29, 0.717) is 11.4 Å². The first-order valence-corrected chi connectivity index (χ1v) is 5.20. The first kappa shape index (κ1) is 13.2. The fourth-order valence-corrected chi connectivity index (χ4v) is 1.33. The Morgan fingerprint density at radius 3 is 2.16 bits per heavy atom. The lowest BCUT2D eigenvalue weighted by Gasteiger charge is -2.08. The van der Waals surface area contributed by atoms with Crippen molar-refractivity contribution in [1.29, 1.82) is 0 Å². The molecule has 0 spiro atoms. The highest BCUT2D eigenvalue weighted by atomic mass is 19.2. The highest BCUT2D eigenvalue weighted by molar-refractivity contribution is 5.45. The van der Waals surface area contributed by atoms with Crippen LogP contribution in [0.1, 0.15) is 11.4 Å². The van der Waals surface area contributed by atoms with Gasteiger partial charge in [0.2, 0.25) is 11.6 Å². The van der Waals surface area contributed by atoms with E-state index < -0.39 is 29.2 Å². The van der Waals surface area contributed by atoms with Gasteiger partial charge >= 0.3 is 0 Å². The predicted octanol–water partition coefficient (Wildman–Crippen LogP) is 2.35. The van der Waals surface area contributed by atoms with Gasteiger partial charge in [0, 0.05) is 6.20 Å². The van der Waals surface area contributed by atoms with Crippen LogP contribution in [-0.4, -0.2) is 15.0 Å². The van der Waals surface area contributed by atoms with Crippen LogP contribution in [0.4, 0.5) is 23.2 Å². The van der Waals surface area contributed by atoms with E-state index in [1.807, 2.05) is 0 Å². The summed E-state index contributed by atoms with van der Waals surface area (Å²) in [6.07, 6.45) is 2.84. The van der Waals surface area contributed by atoms with Crippen molar-refractivity contribution in [3.05, 3.63) is 47.3 Å². The molecule has 1 N–H and O–H groups in total. The molecule has 0 saturated carbocycles. The van der Waals surface area contributed by atoms with Crippen molar-refractivity contribution in [1.82, 2.24) is 15.0 Å². The Bertz CT molecular complexity index is 574.